The van der Waals surface area contributed by atoms with Crippen LogP contribution in [0.2, 0.25) is 0 Å². The Hall–Kier alpha value is -0.610. The van der Waals surface area contributed by atoms with Gasteiger partial charge in [-0.15, -0.1) is 0 Å². The summed E-state index contributed by atoms with van der Waals surface area (Å²) in [4.78, 5) is 9.00. The summed E-state index contributed by atoms with van der Waals surface area (Å²) in [6.45, 7) is 3.28. The number of carboxylic acids is 1. The van der Waals surface area contributed by atoms with Crippen molar-refractivity contribution >= 4 is 5.97 Å². The molecule has 11 heavy (non-hydrogen) atoms. The van der Waals surface area contributed by atoms with Gasteiger partial charge in [0.25, 0.3) is 5.97 Å². The number of aliphatic carboxylic acids is 1. The number of carbonyl (C=O) groups is 1. The van der Waals surface area contributed by atoms with Crippen molar-refractivity contribution in [1.29, 1.82) is 0 Å². The molecule has 66 valence electrons. The molecule has 0 aromatic rings. The first-order valence-corrected chi connectivity index (χ1v) is 3.82. The van der Waals surface area contributed by atoms with Crippen molar-refractivity contribution in [3.05, 3.63) is 0 Å². The summed E-state index contributed by atoms with van der Waals surface area (Å²) in [6.07, 6.45) is 3.95. The Bertz CT molecular complexity index is 107. The monoisotopic (exact) mass is 160 g/mol. The highest BCUT2D eigenvalue weighted by molar-refractivity contribution is 5.62. The van der Waals surface area contributed by atoms with Gasteiger partial charge in [-0.25, -0.2) is 5.01 Å². The normalized spacial score (nSPS) is 18.4. The summed E-state index contributed by atoms with van der Waals surface area (Å²) in [5.41, 5.74) is 0. The predicted octanol–water partition coefficient (Wildman–Crippen LogP) is 0.437. The van der Waals surface area contributed by atoms with E-state index in [0.29, 0.717) is 0 Å². The lowest BCUT2D eigenvalue weighted by Gasteiger charge is -2.20. The van der Waals surface area contributed by atoms with Gasteiger partial charge in [0.2, 0.25) is 0 Å². The molecule has 1 fully saturated rings. The largest absolute Gasteiger partial charge is 0.481 e. The van der Waals surface area contributed by atoms with Gasteiger partial charge in [-0.3, -0.25) is 10.6 Å². The Kier molecular flexibility index (Phi) is 5.78. The molecule has 0 aromatic carbocycles. The van der Waals surface area contributed by atoms with Gasteiger partial charge in [-0.2, -0.15) is 0 Å². The Labute approximate surface area is 67.0 Å². The minimum Gasteiger partial charge on any atom is -0.481 e. The van der Waals surface area contributed by atoms with E-state index < -0.39 is 5.97 Å². The van der Waals surface area contributed by atoms with Crippen molar-refractivity contribution in [2.24, 2.45) is 5.84 Å². The van der Waals surface area contributed by atoms with Gasteiger partial charge in [0.15, 0.2) is 0 Å². The lowest BCUT2D eigenvalue weighted by molar-refractivity contribution is -0.134. The van der Waals surface area contributed by atoms with E-state index in [9.17, 15) is 0 Å². The molecule has 1 aliphatic rings. The first kappa shape index (κ1) is 10.4. The molecule has 0 aliphatic carbocycles. The van der Waals surface area contributed by atoms with Crippen LogP contribution in [0.5, 0.6) is 0 Å². The van der Waals surface area contributed by atoms with Crippen molar-refractivity contribution in [3.63, 3.8) is 0 Å². The fraction of sp³-hybridized carbons (Fsp3) is 0.857. The molecule has 0 radical (unpaired) electrons. The van der Waals surface area contributed by atoms with Crippen LogP contribution < -0.4 is 5.84 Å². The quantitative estimate of drug-likeness (QED) is 0.504. The molecule has 1 saturated heterocycles. The van der Waals surface area contributed by atoms with E-state index in [0.717, 1.165) is 20.0 Å². The molecule has 0 unspecified atom stereocenters. The Morgan fingerprint density at radius 2 is 1.73 bits per heavy atom. The summed E-state index contributed by atoms with van der Waals surface area (Å²) in [5.74, 6) is 4.63. The average Bonchev–Trinajstić information content (AvgIpc) is 1.87. The topological polar surface area (TPSA) is 66.6 Å². The fourth-order valence-corrected chi connectivity index (χ4v) is 0.918. The highest BCUT2D eigenvalue weighted by Crippen LogP contribution is 2.03. The zero-order valence-corrected chi connectivity index (χ0v) is 6.92. The lowest BCUT2D eigenvalue weighted by Crippen LogP contribution is -2.35. The molecule has 1 rings (SSSR count). The van der Waals surface area contributed by atoms with Gasteiger partial charge < -0.3 is 5.11 Å². The number of hydrogen-bond donors (Lipinski definition) is 2. The van der Waals surface area contributed by atoms with E-state index in [1.165, 1.54) is 19.3 Å². The van der Waals surface area contributed by atoms with E-state index in [2.05, 4.69) is 0 Å². The molecule has 0 amide bonds. The van der Waals surface area contributed by atoms with Crippen molar-refractivity contribution < 1.29 is 9.90 Å². The van der Waals surface area contributed by atoms with E-state index in [1.807, 2.05) is 5.01 Å². The molecular weight excluding hydrogens is 144 g/mol. The van der Waals surface area contributed by atoms with Gasteiger partial charge in [-0.05, 0) is 12.8 Å². The molecule has 1 aliphatic heterocycles. The molecule has 0 aromatic heterocycles. The molecule has 0 atom stereocenters. The number of nitrogens with two attached hydrogens (primary N) is 1. The summed E-state index contributed by atoms with van der Waals surface area (Å²) >= 11 is 0. The lowest BCUT2D eigenvalue weighted by atomic mass is 10.2. The number of hydrogen-bond acceptors (Lipinski definition) is 3. The summed E-state index contributed by atoms with van der Waals surface area (Å²) in [6, 6.07) is 0. The minimum atomic E-state index is -0.833. The molecule has 0 spiro atoms. The van der Waals surface area contributed by atoms with Crippen LogP contribution in [0.3, 0.4) is 0 Å². The van der Waals surface area contributed by atoms with Gasteiger partial charge in [0, 0.05) is 20.0 Å². The number of carboxylic acid groups (broad SMARTS) is 1. The zero-order valence-electron chi connectivity index (χ0n) is 6.92. The summed E-state index contributed by atoms with van der Waals surface area (Å²) in [7, 11) is 0. The van der Waals surface area contributed by atoms with Crippen LogP contribution in [-0.4, -0.2) is 29.2 Å². The molecule has 0 bridgehead atoms. The molecule has 3 N–H and O–H groups in total. The zero-order chi connectivity index (χ0) is 8.69. The van der Waals surface area contributed by atoms with Gasteiger partial charge in [0.1, 0.15) is 0 Å². The predicted molar refractivity (Wildman–Crippen MR) is 42.9 cm³/mol. The molecule has 1 heterocycles. The van der Waals surface area contributed by atoms with E-state index in [4.69, 9.17) is 15.7 Å². The molecular formula is C7H16N2O2. The summed E-state index contributed by atoms with van der Waals surface area (Å²) < 4.78 is 0. The third-order valence-electron chi connectivity index (χ3n) is 1.39. The second-order valence-corrected chi connectivity index (χ2v) is 2.62. The fourth-order valence-electron chi connectivity index (χ4n) is 0.918. The highest BCUT2D eigenvalue weighted by atomic mass is 16.4. The van der Waals surface area contributed by atoms with Crippen LogP contribution in [0.25, 0.3) is 0 Å². The molecule has 4 nitrogen and oxygen atoms in total. The van der Waals surface area contributed by atoms with Crippen LogP contribution in [0.1, 0.15) is 26.2 Å². The third-order valence-corrected chi connectivity index (χ3v) is 1.39. The number of piperidine rings is 1. The standard InChI is InChI=1S/C5H12N2.C2H4O2/c6-7-4-2-1-3-5-7;1-2(3)4/h1-6H2;1H3,(H,3,4). The first-order valence-electron chi connectivity index (χ1n) is 3.82. The third kappa shape index (κ3) is 9.39. The van der Waals surface area contributed by atoms with Gasteiger partial charge in [0.05, 0.1) is 0 Å². The van der Waals surface area contributed by atoms with E-state index in [-0.39, 0.29) is 0 Å². The van der Waals surface area contributed by atoms with E-state index >= 15 is 0 Å². The maximum absolute atomic E-state index is 9.00. The Morgan fingerprint density at radius 1 is 1.36 bits per heavy atom. The van der Waals surface area contributed by atoms with Crippen LogP contribution in [0.15, 0.2) is 0 Å². The minimum absolute atomic E-state index is 0.833. The number of rotatable bonds is 0. The van der Waals surface area contributed by atoms with Crippen molar-refractivity contribution in [3.8, 4) is 0 Å². The summed E-state index contributed by atoms with van der Waals surface area (Å²) in [5, 5.41) is 9.31. The molecule has 0 saturated carbocycles. The Balaban J connectivity index is 0.000000218. The van der Waals surface area contributed by atoms with Gasteiger partial charge in [-0.1, -0.05) is 6.42 Å². The average molecular weight is 160 g/mol. The highest BCUT2D eigenvalue weighted by Gasteiger charge is 2.02. The molecule has 4 heteroatoms. The number of hydrazine groups is 1. The SMILES string of the molecule is CC(=O)O.NN1CCCCC1. The van der Waals surface area contributed by atoms with Crippen molar-refractivity contribution in [2.45, 2.75) is 26.2 Å². The van der Waals surface area contributed by atoms with Crippen molar-refractivity contribution in [1.82, 2.24) is 5.01 Å². The smallest absolute Gasteiger partial charge is 0.300 e. The van der Waals surface area contributed by atoms with E-state index in [1.54, 1.807) is 0 Å². The van der Waals surface area contributed by atoms with Gasteiger partial charge >= 0.3 is 0 Å². The maximum Gasteiger partial charge on any atom is 0.300 e. The first-order chi connectivity index (χ1) is 5.13. The maximum atomic E-state index is 9.00. The van der Waals surface area contributed by atoms with Crippen LogP contribution >= 0.6 is 0 Å². The Morgan fingerprint density at radius 3 is 1.91 bits per heavy atom. The van der Waals surface area contributed by atoms with Crippen LogP contribution in [0, 0.1) is 0 Å². The second-order valence-electron chi connectivity index (χ2n) is 2.62. The van der Waals surface area contributed by atoms with Crippen molar-refractivity contribution in [2.75, 3.05) is 13.1 Å². The second kappa shape index (κ2) is 6.12. The number of nitrogens with zero attached hydrogens (tertiary/aromatic N) is 1. The van der Waals surface area contributed by atoms with Crippen LogP contribution in [-0.2, 0) is 4.79 Å². The van der Waals surface area contributed by atoms with Crippen LogP contribution in [0.4, 0.5) is 0 Å².